The van der Waals surface area contributed by atoms with Crippen molar-refractivity contribution in [3.8, 4) is 0 Å². The van der Waals surface area contributed by atoms with Gasteiger partial charge < -0.3 is 5.73 Å². The fourth-order valence-electron chi connectivity index (χ4n) is 2.21. The predicted molar refractivity (Wildman–Crippen MR) is 87.4 cm³/mol. The van der Waals surface area contributed by atoms with Gasteiger partial charge in [-0.25, -0.2) is 0 Å². The lowest BCUT2D eigenvalue weighted by atomic mass is 9.98. The fraction of sp³-hybridized carbons (Fsp3) is 0.0667. The summed E-state index contributed by atoms with van der Waals surface area (Å²) >= 11 is 6.92. The minimum absolute atomic E-state index is 0.301. The van der Waals surface area contributed by atoms with Gasteiger partial charge in [0.2, 0.25) is 0 Å². The number of fused-ring (bicyclic) bond motifs is 1. The van der Waals surface area contributed by atoms with Crippen molar-refractivity contribution in [2.75, 3.05) is 0 Å². The molecule has 0 aliphatic heterocycles. The van der Waals surface area contributed by atoms with E-state index in [9.17, 15) is 0 Å². The van der Waals surface area contributed by atoms with Crippen molar-refractivity contribution in [3.63, 3.8) is 0 Å². The number of aromatic nitrogens is 2. The normalized spacial score (nSPS) is 12.6. The van der Waals surface area contributed by atoms with Crippen molar-refractivity contribution in [3.05, 3.63) is 69.1 Å². The third-order valence-electron chi connectivity index (χ3n) is 3.18. The molecule has 2 aromatic heterocycles. The Kier molecular flexibility index (Phi) is 3.83. The Bertz CT molecular complexity index is 769. The van der Waals surface area contributed by atoms with E-state index in [0.29, 0.717) is 0 Å². The highest BCUT2D eigenvalue weighted by atomic mass is 79.9. The van der Waals surface area contributed by atoms with E-state index in [2.05, 4.69) is 47.9 Å². The third-order valence-corrected chi connectivity index (χ3v) is 4.25. The van der Waals surface area contributed by atoms with Crippen LogP contribution in [0.15, 0.2) is 57.9 Å². The van der Waals surface area contributed by atoms with Crippen LogP contribution in [0.5, 0.6) is 0 Å². The lowest BCUT2D eigenvalue weighted by molar-refractivity contribution is 0.828. The van der Waals surface area contributed by atoms with Crippen molar-refractivity contribution in [2.24, 2.45) is 5.73 Å². The van der Waals surface area contributed by atoms with Crippen LogP contribution in [0.1, 0.15) is 17.3 Å². The molecule has 0 spiro atoms. The average Bonchev–Trinajstić information content (AvgIpc) is 2.46. The van der Waals surface area contributed by atoms with Gasteiger partial charge in [0.15, 0.2) is 0 Å². The van der Waals surface area contributed by atoms with Gasteiger partial charge in [-0.15, -0.1) is 0 Å². The molecule has 0 saturated heterocycles. The quantitative estimate of drug-likeness (QED) is 0.710. The van der Waals surface area contributed by atoms with E-state index in [1.165, 1.54) is 0 Å². The molecule has 3 rings (SSSR count). The minimum atomic E-state index is -0.301. The molecule has 0 bridgehead atoms. The number of hydrogen-bond donors (Lipinski definition) is 1. The third kappa shape index (κ3) is 2.49. The lowest BCUT2D eigenvalue weighted by Crippen LogP contribution is -2.14. The fourth-order valence-corrected chi connectivity index (χ4v) is 3.44. The molecule has 0 saturated carbocycles. The van der Waals surface area contributed by atoms with Gasteiger partial charge in [-0.2, -0.15) is 0 Å². The predicted octanol–water partition coefficient (Wildman–Crippen LogP) is 4.20. The number of rotatable bonds is 2. The maximum atomic E-state index is 6.40. The van der Waals surface area contributed by atoms with Crippen molar-refractivity contribution in [1.29, 1.82) is 0 Å². The smallest absolute Gasteiger partial charge is 0.0759 e. The molecule has 20 heavy (non-hydrogen) atoms. The molecule has 0 amide bonds. The molecular formula is C15H11Br2N3. The summed E-state index contributed by atoms with van der Waals surface area (Å²) in [6.07, 6.45) is 5.38. The molecule has 0 radical (unpaired) electrons. The minimum Gasteiger partial charge on any atom is -0.319 e. The molecule has 3 nitrogen and oxygen atoms in total. The molecule has 100 valence electrons. The Balaban J connectivity index is 2.15. The Hall–Kier alpha value is -1.30. The van der Waals surface area contributed by atoms with Crippen molar-refractivity contribution >= 4 is 42.6 Å². The maximum absolute atomic E-state index is 6.40. The summed E-state index contributed by atoms with van der Waals surface area (Å²) < 4.78 is 1.81. The van der Waals surface area contributed by atoms with E-state index in [0.717, 1.165) is 31.0 Å². The van der Waals surface area contributed by atoms with Crippen LogP contribution in [0.3, 0.4) is 0 Å². The summed E-state index contributed by atoms with van der Waals surface area (Å²) in [5, 5.41) is 2.18. The Labute approximate surface area is 133 Å². The highest BCUT2D eigenvalue weighted by Gasteiger charge is 2.16. The zero-order chi connectivity index (χ0) is 14.1. The van der Waals surface area contributed by atoms with E-state index >= 15 is 0 Å². The summed E-state index contributed by atoms with van der Waals surface area (Å²) in [4.78, 5) is 8.61. The Morgan fingerprint density at radius 2 is 1.95 bits per heavy atom. The second-order valence-electron chi connectivity index (χ2n) is 4.44. The molecule has 0 aliphatic carbocycles. The topological polar surface area (TPSA) is 51.8 Å². The van der Waals surface area contributed by atoms with Crippen LogP contribution in [0.4, 0.5) is 0 Å². The number of halogens is 2. The average molecular weight is 393 g/mol. The van der Waals surface area contributed by atoms with Gasteiger partial charge in [0.05, 0.1) is 11.7 Å². The molecule has 1 aromatic carbocycles. The van der Waals surface area contributed by atoms with Crippen LogP contribution in [0, 0.1) is 0 Å². The van der Waals surface area contributed by atoms with Gasteiger partial charge in [-0.3, -0.25) is 9.97 Å². The van der Waals surface area contributed by atoms with Crippen LogP contribution < -0.4 is 5.73 Å². The highest BCUT2D eigenvalue weighted by molar-refractivity contribution is 9.11. The van der Waals surface area contributed by atoms with Gasteiger partial charge in [0.25, 0.3) is 0 Å². The number of nitrogens with two attached hydrogens (primary N) is 1. The van der Waals surface area contributed by atoms with Crippen LogP contribution >= 0.6 is 31.9 Å². The maximum Gasteiger partial charge on any atom is 0.0759 e. The van der Waals surface area contributed by atoms with Crippen molar-refractivity contribution < 1.29 is 0 Å². The number of pyridine rings is 2. The van der Waals surface area contributed by atoms with E-state index < -0.39 is 0 Å². The summed E-state index contributed by atoms with van der Waals surface area (Å²) in [5.74, 6) is 0. The van der Waals surface area contributed by atoms with E-state index in [-0.39, 0.29) is 6.04 Å². The zero-order valence-electron chi connectivity index (χ0n) is 10.4. The monoisotopic (exact) mass is 391 g/mol. The van der Waals surface area contributed by atoms with E-state index in [1.807, 2.05) is 30.5 Å². The SMILES string of the molecule is NC(c1ncc(Br)cc1Br)c1cccc2ccncc12. The number of nitrogens with zero attached hydrogens (tertiary/aromatic N) is 2. The van der Waals surface area contributed by atoms with Gasteiger partial charge in [0, 0.05) is 32.9 Å². The van der Waals surface area contributed by atoms with E-state index in [1.54, 1.807) is 12.4 Å². The van der Waals surface area contributed by atoms with Gasteiger partial charge in [0.1, 0.15) is 0 Å². The standard InChI is InChI=1S/C15H11Br2N3/c16-10-6-13(17)15(20-7-10)14(18)11-3-1-2-9-4-5-19-8-12(9)11/h1-8,14H,18H2. The summed E-state index contributed by atoms with van der Waals surface area (Å²) in [6, 6.07) is 9.71. The lowest BCUT2D eigenvalue weighted by Gasteiger charge is -2.15. The first-order chi connectivity index (χ1) is 9.66. The largest absolute Gasteiger partial charge is 0.319 e. The molecular weight excluding hydrogens is 382 g/mol. The van der Waals surface area contributed by atoms with E-state index in [4.69, 9.17) is 5.73 Å². The molecule has 0 aliphatic rings. The molecule has 1 unspecified atom stereocenters. The van der Waals surface area contributed by atoms with Crippen LogP contribution in [-0.4, -0.2) is 9.97 Å². The molecule has 2 heterocycles. The van der Waals surface area contributed by atoms with Crippen LogP contribution in [-0.2, 0) is 0 Å². The van der Waals surface area contributed by atoms with Gasteiger partial charge in [-0.05, 0) is 54.9 Å². The first kappa shape index (κ1) is 13.7. The first-order valence-corrected chi connectivity index (χ1v) is 7.64. The van der Waals surface area contributed by atoms with Crippen LogP contribution in [0.25, 0.3) is 10.8 Å². The van der Waals surface area contributed by atoms with Gasteiger partial charge in [-0.1, -0.05) is 18.2 Å². The second kappa shape index (κ2) is 5.60. The Morgan fingerprint density at radius 3 is 2.75 bits per heavy atom. The summed E-state index contributed by atoms with van der Waals surface area (Å²) in [7, 11) is 0. The number of hydrogen-bond acceptors (Lipinski definition) is 3. The molecule has 5 heteroatoms. The van der Waals surface area contributed by atoms with Crippen molar-refractivity contribution in [2.45, 2.75) is 6.04 Å². The second-order valence-corrected chi connectivity index (χ2v) is 6.21. The molecule has 1 atom stereocenters. The summed E-state index contributed by atoms with van der Waals surface area (Å²) in [6.45, 7) is 0. The summed E-state index contributed by atoms with van der Waals surface area (Å²) in [5.41, 5.74) is 8.23. The number of benzene rings is 1. The zero-order valence-corrected chi connectivity index (χ0v) is 13.6. The Morgan fingerprint density at radius 1 is 1.10 bits per heavy atom. The molecule has 2 N–H and O–H groups in total. The molecule has 3 aromatic rings. The van der Waals surface area contributed by atoms with Gasteiger partial charge >= 0.3 is 0 Å². The molecule has 0 fully saturated rings. The van der Waals surface area contributed by atoms with Crippen molar-refractivity contribution in [1.82, 2.24) is 9.97 Å². The highest BCUT2D eigenvalue weighted by Crippen LogP contribution is 2.30. The first-order valence-electron chi connectivity index (χ1n) is 6.06. The van der Waals surface area contributed by atoms with Crippen LogP contribution in [0.2, 0.25) is 0 Å².